The van der Waals surface area contributed by atoms with Crippen molar-refractivity contribution < 1.29 is 14.3 Å². The Hall–Kier alpha value is -0.840. The van der Waals surface area contributed by atoms with Crippen LogP contribution in [0, 0.1) is 5.92 Å². The van der Waals surface area contributed by atoms with Gasteiger partial charge in [-0.3, -0.25) is 0 Å². The van der Waals surface area contributed by atoms with E-state index in [1.807, 2.05) is 12.1 Å². The number of hydrogen-bond donors (Lipinski definition) is 2. The highest BCUT2D eigenvalue weighted by atomic mass is 16.5. The van der Waals surface area contributed by atoms with Crippen molar-refractivity contribution >= 4 is 0 Å². The smallest absolute Gasteiger partial charge is 0.129 e. The molecule has 1 rings (SSSR count). The number of rotatable bonds is 10. The minimum atomic E-state index is -0.464. The van der Waals surface area contributed by atoms with Crippen LogP contribution in [0.4, 0.5) is 0 Å². The molecule has 0 amide bonds. The van der Waals surface area contributed by atoms with Crippen molar-refractivity contribution in [2.75, 3.05) is 19.7 Å². The van der Waals surface area contributed by atoms with Gasteiger partial charge in [0.05, 0.1) is 19.0 Å². The first-order valence-electron chi connectivity index (χ1n) is 6.75. The molecule has 0 saturated carbocycles. The Morgan fingerprint density at radius 3 is 2.72 bits per heavy atom. The monoisotopic (exact) mass is 255 g/mol. The molecule has 1 unspecified atom stereocenters. The summed E-state index contributed by atoms with van der Waals surface area (Å²) in [4.78, 5) is 0. The number of furan rings is 1. The lowest BCUT2D eigenvalue weighted by Gasteiger charge is -2.16. The summed E-state index contributed by atoms with van der Waals surface area (Å²) in [7, 11) is 0. The van der Waals surface area contributed by atoms with E-state index in [4.69, 9.17) is 9.15 Å². The van der Waals surface area contributed by atoms with Crippen molar-refractivity contribution in [3.8, 4) is 0 Å². The molecule has 0 bridgehead atoms. The second-order valence-corrected chi connectivity index (χ2v) is 4.59. The van der Waals surface area contributed by atoms with Gasteiger partial charge in [-0.05, 0) is 24.6 Å². The molecule has 18 heavy (non-hydrogen) atoms. The van der Waals surface area contributed by atoms with Gasteiger partial charge in [0.2, 0.25) is 0 Å². The van der Waals surface area contributed by atoms with Crippen molar-refractivity contribution in [2.24, 2.45) is 5.92 Å². The number of hydrogen-bond acceptors (Lipinski definition) is 4. The fourth-order valence-electron chi connectivity index (χ4n) is 1.78. The topological polar surface area (TPSA) is 54.6 Å². The normalized spacial score (nSPS) is 13.1. The van der Waals surface area contributed by atoms with E-state index in [9.17, 15) is 5.11 Å². The Bertz CT molecular complexity index is 283. The number of aliphatic hydroxyl groups is 1. The van der Waals surface area contributed by atoms with Gasteiger partial charge in [-0.2, -0.15) is 0 Å². The first kappa shape index (κ1) is 15.2. The highest BCUT2D eigenvalue weighted by molar-refractivity contribution is 4.96. The molecule has 0 saturated heterocycles. The number of aliphatic hydroxyl groups excluding tert-OH is 1. The zero-order chi connectivity index (χ0) is 13.2. The van der Waals surface area contributed by atoms with Gasteiger partial charge in [0.1, 0.15) is 12.4 Å². The van der Waals surface area contributed by atoms with Crippen molar-refractivity contribution in [3.63, 3.8) is 0 Å². The van der Waals surface area contributed by atoms with Crippen molar-refractivity contribution in [1.29, 1.82) is 0 Å². The number of nitrogens with one attached hydrogen (secondary N) is 1. The molecule has 4 nitrogen and oxygen atoms in total. The SMILES string of the molecule is CCC(CC)CNCC(O)COCc1ccco1. The molecule has 1 atom stereocenters. The minimum absolute atomic E-state index is 0.330. The van der Waals surface area contributed by atoms with Crippen LogP contribution in [0.15, 0.2) is 22.8 Å². The summed E-state index contributed by atoms with van der Waals surface area (Å²) in [5.41, 5.74) is 0. The fourth-order valence-corrected chi connectivity index (χ4v) is 1.78. The summed E-state index contributed by atoms with van der Waals surface area (Å²) < 4.78 is 10.5. The molecule has 0 aliphatic heterocycles. The van der Waals surface area contributed by atoms with E-state index in [-0.39, 0.29) is 0 Å². The Balaban J connectivity index is 2.01. The average Bonchev–Trinajstić information content (AvgIpc) is 2.88. The van der Waals surface area contributed by atoms with E-state index >= 15 is 0 Å². The molecule has 0 radical (unpaired) electrons. The molecule has 0 fully saturated rings. The van der Waals surface area contributed by atoms with Gasteiger partial charge in [-0.25, -0.2) is 0 Å². The van der Waals surface area contributed by atoms with Crippen molar-refractivity contribution in [1.82, 2.24) is 5.32 Å². The third kappa shape index (κ3) is 6.19. The average molecular weight is 255 g/mol. The Morgan fingerprint density at radius 1 is 1.33 bits per heavy atom. The van der Waals surface area contributed by atoms with Crippen LogP contribution in [-0.2, 0) is 11.3 Å². The third-order valence-electron chi connectivity index (χ3n) is 3.10. The molecular weight excluding hydrogens is 230 g/mol. The van der Waals surface area contributed by atoms with Gasteiger partial charge >= 0.3 is 0 Å². The summed E-state index contributed by atoms with van der Waals surface area (Å²) in [5.74, 6) is 1.48. The third-order valence-corrected chi connectivity index (χ3v) is 3.10. The highest BCUT2D eigenvalue weighted by Gasteiger charge is 2.07. The Kier molecular flexibility index (Phi) is 7.73. The molecule has 104 valence electrons. The van der Waals surface area contributed by atoms with Crippen LogP contribution in [0.3, 0.4) is 0 Å². The van der Waals surface area contributed by atoms with Crippen LogP contribution in [0.1, 0.15) is 32.4 Å². The zero-order valence-electron chi connectivity index (χ0n) is 11.4. The standard InChI is InChI=1S/C14H25NO3/c1-3-12(4-2)8-15-9-13(16)10-17-11-14-6-5-7-18-14/h5-7,12-13,15-16H,3-4,8-11H2,1-2H3. The van der Waals surface area contributed by atoms with Crippen LogP contribution < -0.4 is 5.32 Å². The lowest BCUT2D eigenvalue weighted by Crippen LogP contribution is -2.33. The van der Waals surface area contributed by atoms with Gasteiger partial charge < -0.3 is 19.6 Å². The van der Waals surface area contributed by atoms with Gasteiger partial charge in [-0.1, -0.05) is 26.7 Å². The van der Waals surface area contributed by atoms with E-state index in [1.165, 1.54) is 12.8 Å². The lowest BCUT2D eigenvalue weighted by atomic mass is 10.0. The first-order valence-corrected chi connectivity index (χ1v) is 6.75. The van der Waals surface area contributed by atoms with E-state index in [0.717, 1.165) is 12.3 Å². The van der Waals surface area contributed by atoms with E-state index in [1.54, 1.807) is 6.26 Å². The minimum Gasteiger partial charge on any atom is -0.467 e. The second-order valence-electron chi connectivity index (χ2n) is 4.59. The van der Waals surface area contributed by atoms with Gasteiger partial charge in [0.15, 0.2) is 0 Å². The summed E-state index contributed by atoms with van der Waals surface area (Å²) in [6.07, 6.45) is 3.50. The molecule has 0 aromatic carbocycles. The Labute approximate surface area is 109 Å². The van der Waals surface area contributed by atoms with Crippen LogP contribution in [-0.4, -0.2) is 30.9 Å². The van der Waals surface area contributed by atoms with Crippen molar-refractivity contribution in [2.45, 2.75) is 39.4 Å². The molecule has 0 aliphatic carbocycles. The van der Waals surface area contributed by atoms with E-state index in [2.05, 4.69) is 19.2 Å². The zero-order valence-corrected chi connectivity index (χ0v) is 11.4. The molecule has 1 aromatic heterocycles. The van der Waals surface area contributed by atoms with Crippen LogP contribution in [0.2, 0.25) is 0 Å². The van der Waals surface area contributed by atoms with E-state index in [0.29, 0.717) is 25.7 Å². The quantitative estimate of drug-likeness (QED) is 0.673. The van der Waals surface area contributed by atoms with Gasteiger partial charge in [0.25, 0.3) is 0 Å². The predicted molar refractivity (Wildman–Crippen MR) is 71.3 cm³/mol. The highest BCUT2D eigenvalue weighted by Crippen LogP contribution is 2.05. The fraction of sp³-hybridized carbons (Fsp3) is 0.714. The molecule has 4 heteroatoms. The molecule has 0 spiro atoms. The van der Waals surface area contributed by atoms with Crippen LogP contribution in [0.25, 0.3) is 0 Å². The van der Waals surface area contributed by atoms with Gasteiger partial charge in [0, 0.05) is 6.54 Å². The summed E-state index contributed by atoms with van der Waals surface area (Å²) in [6, 6.07) is 3.68. The van der Waals surface area contributed by atoms with Crippen LogP contribution in [0.5, 0.6) is 0 Å². The molecule has 2 N–H and O–H groups in total. The summed E-state index contributed by atoms with van der Waals surface area (Å²) in [5, 5.41) is 13.0. The summed E-state index contributed by atoms with van der Waals surface area (Å²) in [6.45, 7) is 6.67. The Morgan fingerprint density at radius 2 is 2.11 bits per heavy atom. The predicted octanol–water partition coefficient (Wildman–Crippen LogP) is 2.18. The summed E-state index contributed by atoms with van der Waals surface area (Å²) >= 11 is 0. The first-order chi connectivity index (χ1) is 8.76. The molecule has 1 aromatic rings. The maximum Gasteiger partial charge on any atom is 0.129 e. The molecule has 0 aliphatic rings. The largest absolute Gasteiger partial charge is 0.467 e. The second kappa shape index (κ2) is 9.14. The maximum absolute atomic E-state index is 9.72. The number of ether oxygens (including phenoxy) is 1. The lowest BCUT2D eigenvalue weighted by molar-refractivity contribution is 0.0223. The molecule has 1 heterocycles. The maximum atomic E-state index is 9.72. The molecular formula is C14H25NO3. The van der Waals surface area contributed by atoms with Crippen LogP contribution >= 0.6 is 0 Å². The van der Waals surface area contributed by atoms with Crippen molar-refractivity contribution in [3.05, 3.63) is 24.2 Å². The van der Waals surface area contributed by atoms with Gasteiger partial charge in [-0.15, -0.1) is 0 Å². The van der Waals surface area contributed by atoms with E-state index < -0.39 is 6.10 Å².